The molecule has 0 spiro atoms. The molecule has 19 heteroatoms. The van der Waals surface area contributed by atoms with Gasteiger partial charge in [0.15, 0.2) is 17.3 Å². The number of aromatic amines is 1. The number of ether oxygens (including phenoxy) is 5. The summed E-state index contributed by atoms with van der Waals surface area (Å²) in [4.78, 5) is 67.5. The number of hydrogen-bond acceptors (Lipinski definition) is 14. The highest BCUT2D eigenvalue weighted by atomic mass is 31.2. The van der Waals surface area contributed by atoms with E-state index in [1.165, 1.54) is 10.9 Å². The van der Waals surface area contributed by atoms with Gasteiger partial charge in [0, 0.05) is 36.2 Å². The molecule has 390 valence electrons. The molecule has 1 aliphatic heterocycles. The number of methoxy groups -OCH3 is 3. The number of carbonyl (C=O) groups is 2. The van der Waals surface area contributed by atoms with Crippen LogP contribution in [-0.4, -0.2) is 122 Å². The highest BCUT2D eigenvalue weighted by molar-refractivity contribution is 7.64. The van der Waals surface area contributed by atoms with Crippen molar-refractivity contribution in [2.45, 2.75) is 103 Å². The zero-order valence-corrected chi connectivity index (χ0v) is 44.3. The molecule has 2 amide bonds. The second kappa shape index (κ2) is 22.9. The highest BCUT2D eigenvalue weighted by Gasteiger charge is 2.74. The standard InChI is InChI=1S/C54H68N7O11P/c1-34(2)49(62)57-52-56-48-47(50(63)58-52)55-33-60(48)46-31-53(65,73(66,61(36(5)6)37(7)8)71-30-29-59(35(3)4)51(64)38-17-23-42(67-9)24-18-38)45(72-46)32-70-54(39-15-13-12-14-16-39,40-19-25-43(68-10)26-20-40)41-21-27-44(69-11)28-22-41/h12-28,33-37,45-46,65-66H,29-32H2,1-11H3,(H-,56,57,58,62,63)/p+1/t45-,46-,53-,73?/m1/s1. The molecule has 0 saturated carbocycles. The van der Waals surface area contributed by atoms with Gasteiger partial charge >= 0.3 is 7.87 Å². The van der Waals surface area contributed by atoms with Gasteiger partial charge in [-0.2, -0.15) is 14.4 Å². The van der Waals surface area contributed by atoms with Gasteiger partial charge in [-0.05, 0) is 107 Å². The summed E-state index contributed by atoms with van der Waals surface area (Å²) in [5.74, 6) is 0.711. The van der Waals surface area contributed by atoms with Crippen molar-refractivity contribution in [2.75, 3.05) is 46.4 Å². The monoisotopic (exact) mass is 1020 g/mol. The van der Waals surface area contributed by atoms with Gasteiger partial charge in [0.1, 0.15) is 35.7 Å². The topological polar surface area (TPSA) is 212 Å². The number of nitrogens with one attached hydrogen (secondary N) is 2. The fourth-order valence-electron chi connectivity index (χ4n) is 9.47. The second-order valence-electron chi connectivity index (χ2n) is 19.1. The molecule has 1 unspecified atom stereocenters. The van der Waals surface area contributed by atoms with Crippen molar-refractivity contribution in [2.24, 2.45) is 5.92 Å². The Labute approximate surface area is 427 Å². The van der Waals surface area contributed by atoms with Crippen LogP contribution < -0.4 is 25.1 Å². The maximum Gasteiger partial charge on any atom is 0.382 e. The molecule has 0 radical (unpaired) electrons. The fourth-order valence-corrected chi connectivity index (χ4v) is 12.7. The summed E-state index contributed by atoms with van der Waals surface area (Å²) in [6.45, 7) is 14.4. The molecule has 4 atom stereocenters. The molecule has 0 aliphatic carbocycles. The van der Waals surface area contributed by atoms with E-state index in [2.05, 4.69) is 20.3 Å². The minimum absolute atomic E-state index is 0.0425. The van der Waals surface area contributed by atoms with Crippen LogP contribution in [0, 0.1) is 5.92 Å². The van der Waals surface area contributed by atoms with Gasteiger partial charge in [-0.15, -0.1) is 4.67 Å². The van der Waals surface area contributed by atoms with Gasteiger partial charge in [-0.25, -0.2) is 4.98 Å². The third-order valence-corrected chi connectivity index (χ3v) is 16.7. The Morgan fingerprint density at radius 1 is 0.822 bits per heavy atom. The minimum atomic E-state index is -4.36. The minimum Gasteiger partial charge on any atom is -0.497 e. The van der Waals surface area contributed by atoms with Crippen LogP contribution in [0.2, 0.25) is 0 Å². The lowest BCUT2D eigenvalue weighted by Crippen LogP contribution is -2.53. The van der Waals surface area contributed by atoms with Crippen molar-refractivity contribution in [3.8, 4) is 17.2 Å². The average Bonchev–Trinajstić information content (AvgIpc) is 3.97. The number of rotatable bonds is 22. The van der Waals surface area contributed by atoms with Gasteiger partial charge in [-0.3, -0.25) is 29.3 Å². The Kier molecular flexibility index (Phi) is 17.1. The van der Waals surface area contributed by atoms with Crippen LogP contribution >= 0.6 is 7.87 Å². The quantitative estimate of drug-likeness (QED) is 0.0373. The van der Waals surface area contributed by atoms with Crippen LogP contribution in [-0.2, 0) is 24.4 Å². The smallest absolute Gasteiger partial charge is 0.382 e. The van der Waals surface area contributed by atoms with E-state index in [9.17, 15) is 24.4 Å². The van der Waals surface area contributed by atoms with Gasteiger partial charge < -0.3 is 33.7 Å². The first-order chi connectivity index (χ1) is 34.8. The number of amides is 2. The Morgan fingerprint density at radius 3 is 1.86 bits per heavy atom. The number of imidazole rings is 1. The Morgan fingerprint density at radius 2 is 1.36 bits per heavy atom. The van der Waals surface area contributed by atoms with E-state index in [1.807, 2.05) is 120 Å². The van der Waals surface area contributed by atoms with Crippen LogP contribution in [0.4, 0.5) is 5.95 Å². The largest absolute Gasteiger partial charge is 0.497 e. The molecule has 2 aromatic heterocycles. The zero-order chi connectivity index (χ0) is 52.8. The molecule has 3 heterocycles. The Bertz CT molecular complexity index is 2810. The zero-order valence-electron chi connectivity index (χ0n) is 43.4. The first kappa shape index (κ1) is 54.5. The number of anilines is 1. The number of hydrogen-bond donors (Lipinski definition) is 4. The molecule has 1 saturated heterocycles. The van der Waals surface area contributed by atoms with Crippen LogP contribution in [0.3, 0.4) is 0 Å². The van der Waals surface area contributed by atoms with E-state index >= 15 is 0 Å². The van der Waals surface area contributed by atoms with Crippen molar-refractivity contribution in [3.63, 3.8) is 0 Å². The van der Waals surface area contributed by atoms with E-state index in [1.54, 1.807) is 69.0 Å². The maximum absolute atomic E-state index is 14.1. The summed E-state index contributed by atoms with van der Waals surface area (Å²) in [6, 6.07) is 30.4. The normalized spacial score (nSPS) is 17.9. The molecular formula is C54H69N7O11P+. The van der Waals surface area contributed by atoms with Crippen molar-refractivity contribution in [1.82, 2.24) is 29.1 Å². The van der Waals surface area contributed by atoms with Gasteiger partial charge in [0.25, 0.3) is 16.8 Å². The molecule has 4 N–H and O–H groups in total. The third kappa shape index (κ3) is 11.0. The molecule has 73 heavy (non-hydrogen) atoms. The lowest BCUT2D eigenvalue weighted by molar-refractivity contribution is -0.118. The number of fused-ring (bicyclic) bond motifs is 1. The lowest BCUT2D eigenvalue weighted by atomic mass is 9.80. The van der Waals surface area contributed by atoms with Crippen LogP contribution in [0.15, 0.2) is 114 Å². The summed E-state index contributed by atoms with van der Waals surface area (Å²) < 4.78 is 41.0. The molecule has 4 aromatic carbocycles. The maximum atomic E-state index is 14.1. The molecule has 0 bridgehead atoms. The van der Waals surface area contributed by atoms with E-state index in [0.29, 0.717) is 33.9 Å². The fraction of sp³-hybridized carbons (Fsp3) is 0.426. The highest BCUT2D eigenvalue weighted by Crippen LogP contribution is 2.74. The van der Waals surface area contributed by atoms with E-state index in [4.69, 9.17) is 28.2 Å². The van der Waals surface area contributed by atoms with Crippen LogP contribution in [0.1, 0.15) is 95.1 Å². The van der Waals surface area contributed by atoms with E-state index in [-0.39, 0.29) is 61.1 Å². The van der Waals surface area contributed by atoms with Crippen molar-refractivity contribution in [1.29, 1.82) is 0 Å². The summed E-state index contributed by atoms with van der Waals surface area (Å²) in [6.07, 6.45) is -1.43. The van der Waals surface area contributed by atoms with Crippen molar-refractivity contribution < 1.29 is 47.8 Å². The second-order valence-corrected chi connectivity index (χ2v) is 21.7. The van der Waals surface area contributed by atoms with Gasteiger partial charge in [0.2, 0.25) is 11.9 Å². The van der Waals surface area contributed by atoms with Crippen molar-refractivity contribution >= 4 is 36.8 Å². The first-order valence-electron chi connectivity index (χ1n) is 24.5. The number of benzene rings is 4. The molecule has 18 nitrogen and oxygen atoms in total. The Hall–Kier alpha value is -6.24. The lowest BCUT2D eigenvalue weighted by Gasteiger charge is -2.44. The van der Waals surface area contributed by atoms with Crippen LogP contribution in [0.25, 0.3) is 11.2 Å². The summed E-state index contributed by atoms with van der Waals surface area (Å²) in [5, 5.41) is 14.4. The average molecular weight is 1020 g/mol. The van der Waals surface area contributed by atoms with Crippen LogP contribution in [0.5, 0.6) is 17.2 Å². The number of carbonyl (C=O) groups excluding carboxylic acids is 2. The first-order valence-corrected chi connectivity index (χ1v) is 26.1. The summed E-state index contributed by atoms with van der Waals surface area (Å²) in [7, 11) is 0.384. The number of aliphatic hydroxyl groups is 1. The van der Waals surface area contributed by atoms with Gasteiger partial charge in [-0.1, -0.05) is 68.4 Å². The molecule has 1 aliphatic rings. The molecule has 1 fully saturated rings. The number of H-pyrrole nitrogens is 1. The summed E-state index contributed by atoms with van der Waals surface area (Å²) >= 11 is 0. The molecule has 7 rings (SSSR count). The molecular weight excluding hydrogens is 954 g/mol. The number of nitrogens with zero attached hydrogens (tertiary/aromatic N) is 5. The van der Waals surface area contributed by atoms with Crippen molar-refractivity contribution in [3.05, 3.63) is 142 Å². The molecule has 6 aromatic rings. The van der Waals surface area contributed by atoms with Gasteiger partial charge in [0.05, 0.1) is 40.7 Å². The summed E-state index contributed by atoms with van der Waals surface area (Å²) in [5.41, 5.74) is 0.634. The van der Waals surface area contributed by atoms with E-state index in [0.717, 1.165) is 5.56 Å². The predicted molar refractivity (Wildman–Crippen MR) is 280 cm³/mol. The van der Waals surface area contributed by atoms with E-state index < -0.39 is 54.7 Å². The predicted octanol–water partition coefficient (Wildman–Crippen LogP) is 8.17. The SMILES string of the molecule is COc1ccc(C(=O)N(CCO[P+](O)(N(C(C)C)C(C)C)[C@]2(O)C[C@H](n3cnc4c(=O)[nH]c(NC(=O)C(C)C)nc43)O[C@@H]2COC(c2ccccc2)(c2ccc(OC)cc2)c2ccc(OC)cc2)C(C)C)cc1. The Balaban J connectivity index is 1.38. The number of aromatic nitrogens is 4. The third-order valence-electron chi connectivity index (χ3n) is 13.1.